The maximum Gasteiger partial charge on any atom is 0.334 e. The Morgan fingerprint density at radius 3 is 2.29 bits per heavy atom. The maximum absolute atomic E-state index is 12.1. The van der Waals surface area contributed by atoms with E-state index in [1.165, 1.54) is 14.2 Å². The van der Waals surface area contributed by atoms with Gasteiger partial charge in [-0.1, -0.05) is 43.9 Å². The third-order valence-corrected chi connectivity index (χ3v) is 6.76. The van der Waals surface area contributed by atoms with Gasteiger partial charge in [-0.25, -0.2) is 0 Å². The smallest absolute Gasteiger partial charge is 0.334 e. The van der Waals surface area contributed by atoms with Gasteiger partial charge >= 0.3 is 7.60 Å². The van der Waals surface area contributed by atoms with Crippen LogP contribution in [-0.4, -0.2) is 28.9 Å². The Bertz CT molecular complexity index is 477. The summed E-state index contributed by atoms with van der Waals surface area (Å²) < 4.78 is 27.8. The Morgan fingerprint density at radius 1 is 1.10 bits per heavy atom. The lowest BCUT2D eigenvalue weighted by Crippen LogP contribution is -2.21. The van der Waals surface area contributed by atoms with Crippen molar-refractivity contribution in [3.8, 4) is 0 Å². The van der Waals surface area contributed by atoms with Crippen LogP contribution in [0.4, 0.5) is 0 Å². The summed E-state index contributed by atoms with van der Waals surface area (Å²) in [5, 5.41) is 0. The van der Waals surface area contributed by atoms with E-state index < -0.39 is 15.7 Å². The predicted molar refractivity (Wildman–Crippen MR) is 89.6 cm³/mol. The van der Waals surface area contributed by atoms with Gasteiger partial charge in [-0.2, -0.15) is 0 Å². The quantitative estimate of drug-likeness (QED) is 0.379. The maximum atomic E-state index is 12.1. The first-order valence-corrected chi connectivity index (χ1v) is 12.6. The summed E-state index contributed by atoms with van der Waals surface area (Å²) in [4.78, 5) is 0. The second kappa shape index (κ2) is 8.25. The summed E-state index contributed by atoms with van der Waals surface area (Å²) >= 11 is 0. The van der Waals surface area contributed by atoms with E-state index in [2.05, 4.69) is 19.6 Å². The molecule has 6 heteroatoms. The van der Waals surface area contributed by atoms with Crippen LogP contribution in [0.5, 0.6) is 0 Å². The lowest BCUT2D eigenvalue weighted by Gasteiger charge is -2.16. The van der Waals surface area contributed by atoms with E-state index in [9.17, 15) is 4.57 Å². The number of rotatable bonds is 9. The van der Waals surface area contributed by atoms with Crippen LogP contribution >= 0.6 is 7.60 Å². The van der Waals surface area contributed by atoms with Gasteiger partial charge in [-0.15, -0.1) is 0 Å². The summed E-state index contributed by atoms with van der Waals surface area (Å²) in [6, 6.07) is 9.05. The zero-order valence-electron chi connectivity index (χ0n) is 13.7. The molecule has 0 bridgehead atoms. The molecule has 0 N–H and O–H groups in total. The third kappa shape index (κ3) is 7.39. The molecule has 0 radical (unpaired) electrons. The molecule has 1 aromatic carbocycles. The summed E-state index contributed by atoms with van der Waals surface area (Å²) in [6.45, 7) is 8.40. The van der Waals surface area contributed by atoms with Gasteiger partial charge in [0.2, 0.25) is 0 Å². The van der Waals surface area contributed by atoms with Crippen LogP contribution in [-0.2, 0) is 31.1 Å². The molecule has 0 aliphatic rings. The number of benzene rings is 1. The van der Waals surface area contributed by atoms with E-state index in [4.69, 9.17) is 13.8 Å². The molecule has 0 saturated heterocycles. The topological polar surface area (TPSA) is 44.8 Å². The van der Waals surface area contributed by atoms with Crippen molar-refractivity contribution in [1.82, 2.24) is 0 Å². The minimum Gasteiger partial charge on any atom is -0.377 e. The molecule has 4 nitrogen and oxygen atoms in total. The first-order chi connectivity index (χ1) is 9.78. The van der Waals surface area contributed by atoms with E-state index in [0.29, 0.717) is 6.61 Å². The summed E-state index contributed by atoms with van der Waals surface area (Å²) in [5.74, 6) is 0. The van der Waals surface area contributed by atoms with E-state index >= 15 is 0 Å². The predicted octanol–water partition coefficient (Wildman–Crippen LogP) is 4.53. The van der Waals surface area contributed by atoms with Gasteiger partial charge in [-0.3, -0.25) is 4.57 Å². The molecule has 0 saturated carbocycles. The molecule has 0 aliphatic heterocycles. The highest BCUT2D eigenvalue weighted by molar-refractivity contribution is 7.52. The second-order valence-electron chi connectivity index (χ2n) is 6.32. The zero-order valence-corrected chi connectivity index (χ0v) is 15.6. The molecule has 21 heavy (non-hydrogen) atoms. The standard InChI is InChI=1S/C15H27O4PSi/c1-17-20(16,18-2)13-15-8-6-7-14(11-15)12-19-9-10-21(3,4)5/h6-8,11H,9-10,12-13H2,1-5H3. The summed E-state index contributed by atoms with van der Waals surface area (Å²) in [7, 11) is -1.23. The Balaban J connectivity index is 2.55. The molecule has 0 atom stereocenters. The van der Waals surface area contributed by atoms with E-state index in [1.807, 2.05) is 24.3 Å². The van der Waals surface area contributed by atoms with Crippen LogP contribution in [0.3, 0.4) is 0 Å². The van der Waals surface area contributed by atoms with E-state index in [1.54, 1.807) is 0 Å². The first-order valence-electron chi connectivity index (χ1n) is 7.14. The molecule has 0 aliphatic carbocycles. The van der Waals surface area contributed by atoms with Crippen LogP contribution in [0.1, 0.15) is 11.1 Å². The zero-order chi connectivity index (χ0) is 15.9. The molecule has 0 spiro atoms. The van der Waals surface area contributed by atoms with Crippen LogP contribution < -0.4 is 0 Å². The van der Waals surface area contributed by atoms with Crippen molar-refractivity contribution >= 4 is 15.7 Å². The average molecular weight is 330 g/mol. The minimum absolute atomic E-state index is 0.281. The van der Waals surface area contributed by atoms with Gasteiger partial charge in [0.25, 0.3) is 0 Å². The largest absolute Gasteiger partial charge is 0.377 e. The molecule has 0 unspecified atom stereocenters. The third-order valence-electron chi connectivity index (χ3n) is 3.19. The van der Waals surface area contributed by atoms with Crippen LogP contribution in [0.25, 0.3) is 0 Å². The summed E-state index contributed by atoms with van der Waals surface area (Å²) in [5.41, 5.74) is 2.02. The Morgan fingerprint density at radius 2 is 1.71 bits per heavy atom. The van der Waals surface area contributed by atoms with Gasteiger partial charge in [0.15, 0.2) is 0 Å². The molecule has 0 amide bonds. The fourth-order valence-corrected chi connectivity index (χ4v) is 3.62. The highest BCUT2D eigenvalue weighted by Crippen LogP contribution is 2.49. The summed E-state index contributed by atoms with van der Waals surface area (Å²) in [6.07, 6.45) is 0.281. The number of ether oxygens (including phenoxy) is 1. The normalized spacial score (nSPS) is 12.6. The monoisotopic (exact) mass is 330 g/mol. The van der Waals surface area contributed by atoms with E-state index in [-0.39, 0.29) is 6.16 Å². The molecule has 120 valence electrons. The molecular weight excluding hydrogens is 303 g/mol. The van der Waals surface area contributed by atoms with Gasteiger partial charge in [0, 0.05) is 28.9 Å². The lowest BCUT2D eigenvalue weighted by atomic mass is 10.1. The molecule has 0 aromatic heterocycles. The average Bonchev–Trinajstić information content (AvgIpc) is 2.43. The molecular formula is C15H27O4PSi. The van der Waals surface area contributed by atoms with Crippen molar-refractivity contribution in [3.63, 3.8) is 0 Å². The minimum atomic E-state index is -3.01. The Kier molecular flexibility index (Phi) is 7.31. The number of hydrogen-bond donors (Lipinski definition) is 0. The van der Waals surface area contributed by atoms with Gasteiger partial charge in [-0.05, 0) is 17.2 Å². The molecule has 1 aromatic rings. The van der Waals surface area contributed by atoms with Crippen molar-refractivity contribution < 1.29 is 18.3 Å². The van der Waals surface area contributed by atoms with Crippen molar-refractivity contribution in [2.24, 2.45) is 0 Å². The fourth-order valence-electron chi connectivity index (χ4n) is 1.81. The SMILES string of the molecule is COP(=O)(Cc1cccc(COCC[Si](C)(C)C)c1)OC. The van der Waals surface area contributed by atoms with Crippen LogP contribution in [0.15, 0.2) is 24.3 Å². The highest BCUT2D eigenvalue weighted by Gasteiger charge is 2.21. The molecule has 0 heterocycles. The van der Waals surface area contributed by atoms with Crippen molar-refractivity contribution in [3.05, 3.63) is 35.4 Å². The lowest BCUT2D eigenvalue weighted by molar-refractivity contribution is 0.133. The fraction of sp³-hybridized carbons (Fsp3) is 0.600. The Labute approximate surface area is 129 Å². The second-order valence-corrected chi connectivity index (χ2v) is 14.2. The van der Waals surface area contributed by atoms with Gasteiger partial charge in [0.05, 0.1) is 12.8 Å². The van der Waals surface area contributed by atoms with Crippen molar-refractivity contribution in [2.75, 3.05) is 20.8 Å². The van der Waals surface area contributed by atoms with Crippen molar-refractivity contribution in [1.29, 1.82) is 0 Å². The Hall–Kier alpha value is -0.453. The van der Waals surface area contributed by atoms with E-state index in [0.717, 1.165) is 23.8 Å². The first kappa shape index (κ1) is 18.6. The molecule has 0 fully saturated rings. The van der Waals surface area contributed by atoms with Crippen LogP contribution in [0.2, 0.25) is 25.7 Å². The number of hydrogen-bond acceptors (Lipinski definition) is 4. The van der Waals surface area contributed by atoms with Gasteiger partial charge in [0.1, 0.15) is 0 Å². The van der Waals surface area contributed by atoms with Gasteiger partial charge < -0.3 is 13.8 Å². The molecule has 1 rings (SSSR count). The van der Waals surface area contributed by atoms with Crippen LogP contribution in [0, 0.1) is 0 Å². The van der Waals surface area contributed by atoms with Crippen molar-refractivity contribution in [2.45, 2.75) is 38.5 Å². The highest BCUT2D eigenvalue weighted by atomic mass is 31.2.